The van der Waals surface area contributed by atoms with Gasteiger partial charge < -0.3 is 14.7 Å². The van der Waals surface area contributed by atoms with Crippen molar-refractivity contribution in [1.29, 1.82) is 0 Å². The first-order valence-electron chi connectivity index (χ1n) is 6.77. The molecule has 114 valence electrons. The zero-order chi connectivity index (χ0) is 15.6. The van der Waals surface area contributed by atoms with Crippen molar-refractivity contribution in [2.24, 2.45) is 0 Å². The molecule has 0 aromatic heterocycles. The van der Waals surface area contributed by atoms with Crippen LogP contribution in [0.3, 0.4) is 0 Å². The van der Waals surface area contributed by atoms with Crippen LogP contribution in [0.5, 0.6) is 5.75 Å². The Morgan fingerprint density at radius 2 is 2.29 bits per heavy atom. The predicted octanol–water partition coefficient (Wildman–Crippen LogP) is 1.94. The summed E-state index contributed by atoms with van der Waals surface area (Å²) in [5, 5.41) is 20.6. The van der Waals surface area contributed by atoms with Gasteiger partial charge in [-0.3, -0.25) is 14.9 Å². The van der Waals surface area contributed by atoms with Gasteiger partial charge in [0.1, 0.15) is 5.75 Å². The monoisotopic (exact) mass is 294 g/mol. The SMILES string of the molecule is CC[C@@]1(C)CN(C(=O)c2cc([N+](=O)[O-])ccc2O)CCO1. The molecule has 7 nitrogen and oxygen atoms in total. The number of ether oxygens (including phenoxy) is 1. The number of non-ortho nitro benzene ring substituents is 1. The topological polar surface area (TPSA) is 92.9 Å². The number of rotatable bonds is 3. The number of nitro groups is 1. The fourth-order valence-electron chi connectivity index (χ4n) is 2.30. The second-order valence-corrected chi connectivity index (χ2v) is 5.34. The van der Waals surface area contributed by atoms with Crippen LogP contribution >= 0.6 is 0 Å². The Bertz CT molecular complexity index is 574. The summed E-state index contributed by atoms with van der Waals surface area (Å²) in [7, 11) is 0. The molecule has 1 heterocycles. The Hall–Kier alpha value is -2.15. The van der Waals surface area contributed by atoms with Crippen LogP contribution in [0.15, 0.2) is 18.2 Å². The van der Waals surface area contributed by atoms with Crippen molar-refractivity contribution in [3.05, 3.63) is 33.9 Å². The normalized spacial score (nSPS) is 22.1. The van der Waals surface area contributed by atoms with Crippen molar-refractivity contribution in [2.75, 3.05) is 19.7 Å². The van der Waals surface area contributed by atoms with E-state index < -0.39 is 16.4 Å². The van der Waals surface area contributed by atoms with E-state index >= 15 is 0 Å². The number of phenols is 1. The van der Waals surface area contributed by atoms with E-state index in [0.29, 0.717) is 19.7 Å². The molecule has 1 N–H and O–H groups in total. The van der Waals surface area contributed by atoms with Crippen molar-refractivity contribution in [1.82, 2.24) is 4.90 Å². The Morgan fingerprint density at radius 3 is 2.90 bits per heavy atom. The van der Waals surface area contributed by atoms with E-state index in [4.69, 9.17) is 4.74 Å². The standard InChI is InChI=1S/C14H18N2O5/c1-3-14(2)9-15(6-7-21-14)13(18)11-8-10(16(19)20)4-5-12(11)17/h4-5,8,17H,3,6-7,9H2,1-2H3/t14-/m0/s1. The van der Waals surface area contributed by atoms with Crippen molar-refractivity contribution < 1.29 is 19.6 Å². The number of carbonyl (C=O) groups excluding carboxylic acids is 1. The highest BCUT2D eigenvalue weighted by atomic mass is 16.6. The molecule has 1 atom stereocenters. The lowest BCUT2D eigenvalue weighted by atomic mass is 10.00. The number of aromatic hydroxyl groups is 1. The molecular formula is C14H18N2O5. The van der Waals surface area contributed by atoms with E-state index in [0.717, 1.165) is 12.5 Å². The molecule has 7 heteroatoms. The van der Waals surface area contributed by atoms with Crippen LogP contribution in [0, 0.1) is 10.1 Å². The number of benzene rings is 1. The van der Waals surface area contributed by atoms with E-state index in [1.165, 1.54) is 12.1 Å². The van der Waals surface area contributed by atoms with Gasteiger partial charge in [0, 0.05) is 25.2 Å². The largest absolute Gasteiger partial charge is 0.507 e. The summed E-state index contributed by atoms with van der Waals surface area (Å²) in [6, 6.07) is 3.45. The first-order valence-corrected chi connectivity index (χ1v) is 6.77. The van der Waals surface area contributed by atoms with E-state index in [9.17, 15) is 20.0 Å². The summed E-state index contributed by atoms with van der Waals surface area (Å²) >= 11 is 0. The molecule has 1 amide bonds. The molecule has 2 rings (SSSR count). The van der Waals surface area contributed by atoms with Gasteiger partial charge >= 0.3 is 0 Å². The molecule has 0 radical (unpaired) electrons. The molecule has 0 saturated carbocycles. The van der Waals surface area contributed by atoms with Gasteiger partial charge in [-0.1, -0.05) is 6.92 Å². The van der Waals surface area contributed by atoms with Crippen molar-refractivity contribution in [3.8, 4) is 5.75 Å². The molecule has 0 aliphatic carbocycles. The van der Waals surface area contributed by atoms with E-state index in [1.54, 1.807) is 4.90 Å². The number of phenolic OH excluding ortho intramolecular Hbond substituents is 1. The zero-order valence-corrected chi connectivity index (χ0v) is 12.0. The quantitative estimate of drug-likeness (QED) is 0.679. The third-order valence-electron chi connectivity index (χ3n) is 3.79. The Morgan fingerprint density at radius 1 is 1.57 bits per heavy atom. The maximum absolute atomic E-state index is 12.5. The van der Waals surface area contributed by atoms with Crippen LogP contribution < -0.4 is 0 Å². The summed E-state index contributed by atoms with van der Waals surface area (Å²) in [6.45, 7) is 5.09. The van der Waals surface area contributed by atoms with E-state index in [1.807, 2.05) is 13.8 Å². The summed E-state index contributed by atoms with van der Waals surface area (Å²) in [4.78, 5) is 24.2. The van der Waals surface area contributed by atoms with Crippen LogP contribution in [0.2, 0.25) is 0 Å². The summed E-state index contributed by atoms with van der Waals surface area (Å²) in [6.07, 6.45) is 0.748. The van der Waals surface area contributed by atoms with Crippen molar-refractivity contribution in [3.63, 3.8) is 0 Å². The Balaban J connectivity index is 2.27. The molecule has 21 heavy (non-hydrogen) atoms. The number of hydrogen-bond acceptors (Lipinski definition) is 5. The lowest BCUT2D eigenvalue weighted by Crippen LogP contribution is -2.51. The van der Waals surface area contributed by atoms with Gasteiger partial charge in [0.15, 0.2) is 0 Å². The molecule has 0 bridgehead atoms. The first kappa shape index (κ1) is 15.2. The molecule has 0 spiro atoms. The number of amides is 1. The van der Waals surface area contributed by atoms with Gasteiger partial charge in [0.25, 0.3) is 11.6 Å². The number of nitro benzene ring substituents is 1. The van der Waals surface area contributed by atoms with Gasteiger partial charge in [-0.05, 0) is 19.4 Å². The summed E-state index contributed by atoms with van der Waals surface area (Å²) in [5.41, 5.74) is -0.697. The minimum absolute atomic E-state index is 0.0513. The van der Waals surface area contributed by atoms with Crippen LogP contribution in [0.4, 0.5) is 5.69 Å². The van der Waals surface area contributed by atoms with Gasteiger partial charge in [-0.15, -0.1) is 0 Å². The molecule has 1 aromatic carbocycles. The van der Waals surface area contributed by atoms with E-state index in [2.05, 4.69) is 0 Å². The fourth-order valence-corrected chi connectivity index (χ4v) is 2.30. The maximum atomic E-state index is 12.5. The summed E-state index contributed by atoms with van der Waals surface area (Å²) < 4.78 is 5.66. The van der Waals surface area contributed by atoms with Gasteiger partial charge in [-0.25, -0.2) is 0 Å². The number of hydrogen-bond donors (Lipinski definition) is 1. The number of nitrogens with zero attached hydrogens (tertiary/aromatic N) is 2. The second-order valence-electron chi connectivity index (χ2n) is 5.34. The van der Waals surface area contributed by atoms with Gasteiger partial charge in [0.05, 0.1) is 22.7 Å². The van der Waals surface area contributed by atoms with Crippen molar-refractivity contribution in [2.45, 2.75) is 25.9 Å². The maximum Gasteiger partial charge on any atom is 0.270 e. The van der Waals surface area contributed by atoms with Crippen LogP contribution in [-0.2, 0) is 4.74 Å². The average molecular weight is 294 g/mol. The van der Waals surface area contributed by atoms with Gasteiger partial charge in [0.2, 0.25) is 0 Å². The Labute approximate surface area is 122 Å². The van der Waals surface area contributed by atoms with Gasteiger partial charge in [-0.2, -0.15) is 0 Å². The molecule has 1 aliphatic rings. The molecule has 1 fully saturated rings. The Kier molecular flexibility index (Phi) is 4.13. The first-order chi connectivity index (χ1) is 9.86. The lowest BCUT2D eigenvalue weighted by molar-refractivity contribution is -0.384. The average Bonchev–Trinajstić information content (AvgIpc) is 2.47. The molecular weight excluding hydrogens is 276 g/mol. The molecule has 0 unspecified atom stereocenters. The molecule has 1 aromatic rings. The van der Waals surface area contributed by atoms with Crippen LogP contribution in [0.25, 0.3) is 0 Å². The number of morpholine rings is 1. The van der Waals surface area contributed by atoms with Crippen LogP contribution in [0.1, 0.15) is 30.6 Å². The molecule has 1 saturated heterocycles. The predicted molar refractivity (Wildman–Crippen MR) is 75.3 cm³/mol. The van der Waals surface area contributed by atoms with E-state index in [-0.39, 0.29) is 17.0 Å². The molecule has 1 aliphatic heterocycles. The zero-order valence-electron chi connectivity index (χ0n) is 12.0. The fraction of sp³-hybridized carbons (Fsp3) is 0.500. The highest BCUT2D eigenvalue weighted by Crippen LogP contribution is 2.27. The number of carbonyl (C=O) groups is 1. The van der Waals surface area contributed by atoms with Crippen molar-refractivity contribution >= 4 is 11.6 Å². The highest BCUT2D eigenvalue weighted by Gasteiger charge is 2.34. The minimum Gasteiger partial charge on any atom is -0.507 e. The third-order valence-corrected chi connectivity index (χ3v) is 3.79. The lowest BCUT2D eigenvalue weighted by Gasteiger charge is -2.40. The van der Waals surface area contributed by atoms with Crippen LogP contribution in [-0.4, -0.2) is 46.1 Å². The second kappa shape index (κ2) is 5.69. The minimum atomic E-state index is -0.592. The third kappa shape index (κ3) is 3.13. The highest BCUT2D eigenvalue weighted by molar-refractivity contribution is 5.97. The smallest absolute Gasteiger partial charge is 0.270 e. The summed E-state index contributed by atoms with van der Waals surface area (Å²) in [5.74, 6) is -0.672.